The highest BCUT2D eigenvalue weighted by atomic mass is 32.2. The SMILES string of the molecule is CSC(C)CNC1=NCC2CN(C(=O)OC(C)(C)C)CCN12. The van der Waals surface area contributed by atoms with Gasteiger partial charge in [0.15, 0.2) is 5.96 Å². The summed E-state index contributed by atoms with van der Waals surface area (Å²) in [5.74, 6) is 0.981. The Morgan fingerprint density at radius 3 is 2.86 bits per heavy atom. The molecule has 2 rings (SSSR count). The monoisotopic (exact) mass is 328 g/mol. The highest BCUT2D eigenvalue weighted by Crippen LogP contribution is 2.18. The van der Waals surface area contributed by atoms with Crippen LogP contribution in [0.25, 0.3) is 0 Å². The van der Waals surface area contributed by atoms with Crippen LogP contribution in [0.4, 0.5) is 4.79 Å². The van der Waals surface area contributed by atoms with E-state index in [1.165, 1.54) is 0 Å². The molecule has 0 aromatic carbocycles. The van der Waals surface area contributed by atoms with Gasteiger partial charge in [-0.2, -0.15) is 11.8 Å². The summed E-state index contributed by atoms with van der Waals surface area (Å²) in [5, 5.41) is 3.99. The Balaban J connectivity index is 1.84. The van der Waals surface area contributed by atoms with Crippen LogP contribution in [0.2, 0.25) is 0 Å². The molecule has 1 N–H and O–H groups in total. The molecule has 7 heteroatoms. The standard InChI is InChI=1S/C15H28N4O2S/c1-11(22-5)8-16-13-17-9-12-10-18(6-7-19(12)13)14(20)21-15(2,3)4/h11-12H,6-10H2,1-5H3,(H,16,17). The van der Waals surface area contributed by atoms with Gasteiger partial charge < -0.3 is 19.9 Å². The second kappa shape index (κ2) is 6.98. The highest BCUT2D eigenvalue weighted by Gasteiger charge is 2.36. The Kier molecular flexibility index (Phi) is 5.47. The number of guanidine groups is 1. The molecule has 1 amide bonds. The molecule has 1 fully saturated rings. The predicted molar refractivity (Wildman–Crippen MR) is 91.6 cm³/mol. The topological polar surface area (TPSA) is 57.2 Å². The van der Waals surface area contributed by atoms with Crippen molar-refractivity contribution in [1.29, 1.82) is 0 Å². The minimum absolute atomic E-state index is 0.218. The summed E-state index contributed by atoms with van der Waals surface area (Å²) < 4.78 is 5.46. The number of hydrogen-bond acceptors (Lipinski definition) is 6. The third-order valence-electron chi connectivity index (χ3n) is 3.81. The number of ether oxygens (including phenoxy) is 1. The van der Waals surface area contributed by atoms with Crippen molar-refractivity contribution in [1.82, 2.24) is 15.1 Å². The van der Waals surface area contributed by atoms with Crippen LogP contribution >= 0.6 is 11.8 Å². The Morgan fingerprint density at radius 1 is 1.50 bits per heavy atom. The van der Waals surface area contributed by atoms with Crippen LogP contribution in [0.3, 0.4) is 0 Å². The largest absolute Gasteiger partial charge is 0.444 e. The van der Waals surface area contributed by atoms with Gasteiger partial charge in [0.05, 0.1) is 12.6 Å². The van der Waals surface area contributed by atoms with Crippen LogP contribution in [-0.2, 0) is 4.74 Å². The van der Waals surface area contributed by atoms with Gasteiger partial charge in [0.1, 0.15) is 5.60 Å². The molecule has 0 radical (unpaired) electrons. The van der Waals surface area contributed by atoms with Crippen molar-refractivity contribution in [2.24, 2.45) is 4.99 Å². The predicted octanol–water partition coefficient (Wildman–Crippen LogP) is 1.62. The van der Waals surface area contributed by atoms with Gasteiger partial charge in [-0.15, -0.1) is 0 Å². The first kappa shape index (κ1) is 17.2. The molecule has 2 atom stereocenters. The lowest BCUT2D eigenvalue weighted by atomic mass is 10.2. The molecule has 0 aliphatic carbocycles. The molecule has 22 heavy (non-hydrogen) atoms. The Morgan fingerprint density at radius 2 is 2.23 bits per heavy atom. The molecule has 2 heterocycles. The van der Waals surface area contributed by atoms with Gasteiger partial charge in [-0.25, -0.2) is 4.79 Å². The molecular weight excluding hydrogens is 300 g/mol. The third kappa shape index (κ3) is 4.44. The first-order valence-corrected chi connectivity index (χ1v) is 9.14. The number of hydrogen-bond donors (Lipinski definition) is 1. The first-order chi connectivity index (χ1) is 10.3. The van der Waals surface area contributed by atoms with Gasteiger partial charge in [-0.3, -0.25) is 4.99 Å². The zero-order valence-corrected chi connectivity index (χ0v) is 15.1. The van der Waals surface area contributed by atoms with E-state index in [0.29, 0.717) is 18.3 Å². The molecule has 1 saturated heterocycles. The van der Waals surface area contributed by atoms with E-state index in [9.17, 15) is 4.79 Å². The second-order valence-corrected chi connectivity index (χ2v) is 8.14. The van der Waals surface area contributed by atoms with Crippen LogP contribution in [0.15, 0.2) is 4.99 Å². The number of fused-ring (bicyclic) bond motifs is 1. The maximum absolute atomic E-state index is 12.2. The lowest BCUT2D eigenvalue weighted by Crippen LogP contribution is -2.57. The summed E-state index contributed by atoms with van der Waals surface area (Å²) in [5.41, 5.74) is -0.443. The minimum Gasteiger partial charge on any atom is -0.444 e. The molecule has 2 aliphatic rings. The van der Waals surface area contributed by atoms with Gasteiger partial charge in [0.25, 0.3) is 0 Å². The van der Waals surface area contributed by atoms with E-state index in [4.69, 9.17) is 4.74 Å². The first-order valence-electron chi connectivity index (χ1n) is 7.86. The van der Waals surface area contributed by atoms with Gasteiger partial charge >= 0.3 is 6.09 Å². The average molecular weight is 328 g/mol. The lowest BCUT2D eigenvalue weighted by Gasteiger charge is -2.39. The van der Waals surface area contributed by atoms with Crippen molar-refractivity contribution in [3.8, 4) is 0 Å². The molecule has 0 saturated carbocycles. The fourth-order valence-corrected chi connectivity index (χ4v) is 2.79. The van der Waals surface area contributed by atoms with Gasteiger partial charge in [0.2, 0.25) is 0 Å². The summed E-state index contributed by atoms with van der Waals surface area (Å²) in [6, 6.07) is 0.272. The molecule has 2 aliphatic heterocycles. The highest BCUT2D eigenvalue weighted by molar-refractivity contribution is 7.99. The van der Waals surface area contributed by atoms with E-state index in [2.05, 4.69) is 28.4 Å². The molecule has 2 unspecified atom stereocenters. The smallest absolute Gasteiger partial charge is 0.410 e. The van der Waals surface area contributed by atoms with Crippen molar-refractivity contribution in [3.05, 3.63) is 0 Å². The Bertz CT molecular complexity index is 436. The van der Waals surface area contributed by atoms with E-state index in [0.717, 1.165) is 25.6 Å². The second-order valence-electron chi connectivity index (χ2n) is 6.87. The molecule has 0 aromatic rings. The zero-order valence-electron chi connectivity index (χ0n) is 14.3. The number of rotatable bonds is 3. The van der Waals surface area contributed by atoms with E-state index < -0.39 is 5.60 Å². The summed E-state index contributed by atoms with van der Waals surface area (Å²) in [6.45, 7) is 11.7. The fraction of sp³-hybridized carbons (Fsp3) is 0.867. The Hall–Kier alpha value is -1.11. The number of amides is 1. The zero-order chi connectivity index (χ0) is 16.3. The number of piperazine rings is 1. The van der Waals surface area contributed by atoms with Gasteiger partial charge in [-0.05, 0) is 27.0 Å². The normalized spacial score (nSPS) is 23.0. The van der Waals surface area contributed by atoms with Crippen LogP contribution in [0.5, 0.6) is 0 Å². The maximum Gasteiger partial charge on any atom is 0.410 e. The maximum atomic E-state index is 12.2. The Labute approximate surface area is 137 Å². The van der Waals surface area contributed by atoms with Crippen molar-refractivity contribution in [2.45, 2.75) is 44.6 Å². The molecule has 0 bridgehead atoms. The number of carbonyl (C=O) groups is 1. The number of nitrogens with one attached hydrogen (secondary N) is 1. The quantitative estimate of drug-likeness (QED) is 0.853. The summed E-state index contributed by atoms with van der Waals surface area (Å²) in [7, 11) is 0. The number of aliphatic imine (C=N–C) groups is 1. The molecule has 6 nitrogen and oxygen atoms in total. The van der Waals surface area contributed by atoms with Gasteiger partial charge in [-0.1, -0.05) is 6.92 Å². The molecule has 0 aromatic heterocycles. The molecule has 126 valence electrons. The van der Waals surface area contributed by atoms with E-state index in [-0.39, 0.29) is 12.1 Å². The van der Waals surface area contributed by atoms with Gasteiger partial charge in [0, 0.05) is 31.4 Å². The average Bonchev–Trinajstić information content (AvgIpc) is 2.85. The van der Waals surface area contributed by atoms with Crippen molar-refractivity contribution >= 4 is 23.8 Å². The molecule has 0 spiro atoms. The summed E-state index contributed by atoms with van der Waals surface area (Å²) in [4.78, 5) is 20.9. The van der Waals surface area contributed by atoms with Crippen molar-refractivity contribution in [3.63, 3.8) is 0 Å². The summed E-state index contributed by atoms with van der Waals surface area (Å²) >= 11 is 1.84. The number of nitrogens with zero attached hydrogens (tertiary/aromatic N) is 3. The van der Waals surface area contributed by atoms with Crippen LogP contribution < -0.4 is 5.32 Å². The summed E-state index contributed by atoms with van der Waals surface area (Å²) in [6.07, 6.45) is 1.90. The van der Waals surface area contributed by atoms with E-state index >= 15 is 0 Å². The number of carbonyl (C=O) groups excluding carboxylic acids is 1. The fourth-order valence-electron chi connectivity index (χ4n) is 2.54. The lowest BCUT2D eigenvalue weighted by molar-refractivity contribution is 0.0137. The van der Waals surface area contributed by atoms with Crippen molar-refractivity contribution < 1.29 is 9.53 Å². The third-order valence-corrected chi connectivity index (χ3v) is 4.78. The van der Waals surface area contributed by atoms with Crippen molar-refractivity contribution in [2.75, 3.05) is 39.0 Å². The van der Waals surface area contributed by atoms with Crippen LogP contribution in [0, 0.1) is 0 Å². The minimum atomic E-state index is -0.443. The van der Waals surface area contributed by atoms with E-state index in [1.54, 1.807) is 4.90 Å². The molecular formula is C15H28N4O2S. The number of thioether (sulfide) groups is 1. The van der Waals surface area contributed by atoms with Crippen LogP contribution in [-0.4, -0.2) is 77.7 Å². The van der Waals surface area contributed by atoms with E-state index in [1.807, 2.05) is 32.5 Å². The van der Waals surface area contributed by atoms with Crippen LogP contribution in [0.1, 0.15) is 27.7 Å².